The van der Waals surface area contributed by atoms with Crippen LogP contribution < -0.4 is 5.32 Å². The van der Waals surface area contributed by atoms with Crippen LogP contribution >= 0.6 is 15.9 Å². The molecule has 1 fully saturated rings. The maximum absolute atomic E-state index is 3.55. The minimum atomic E-state index is 0.808. The Hall–Kier alpha value is -1.28. The largest absolute Gasteiger partial charge is 0.381 e. The highest BCUT2D eigenvalue weighted by Crippen LogP contribution is 2.41. The summed E-state index contributed by atoms with van der Waals surface area (Å²) in [5, 5.41) is 3.54. The number of hydrogen-bond donors (Lipinski definition) is 1. The van der Waals surface area contributed by atoms with Crippen molar-refractivity contribution in [1.82, 2.24) is 0 Å². The molecule has 0 saturated heterocycles. The molecule has 0 atom stereocenters. The third-order valence-corrected chi connectivity index (χ3v) is 4.06. The third-order valence-electron chi connectivity index (χ3n) is 3.60. The van der Waals surface area contributed by atoms with E-state index in [1.54, 1.807) is 0 Å². The Morgan fingerprint density at radius 3 is 2.68 bits per heavy atom. The summed E-state index contributed by atoms with van der Waals surface area (Å²) in [5.41, 5.74) is 5.41. The lowest BCUT2D eigenvalue weighted by Crippen LogP contribution is -2.02. The van der Waals surface area contributed by atoms with E-state index in [-0.39, 0.29) is 0 Å². The van der Waals surface area contributed by atoms with Crippen molar-refractivity contribution in [2.45, 2.75) is 32.2 Å². The van der Waals surface area contributed by atoms with Crippen LogP contribution in [0.5, 0.6) is 0 Å². The predicted molar refractivity (Wildman–Crippen MR) is 84.6 cm³/mol. The van der Waals surface area contributed by atoms with Crippen molar-refractivity contribution in [3.05, 3.63) is 63.6 Å². The first-order chi connectivity index (χ1) is 9.22. The average molecular weight is 316 g/mol. The lowest BCUT2D eigenvalue weighted by atomic mass is 10.0. The summed E-state index contributed by atoms with van der Waals surface area (Å²) in [6.45, 7) is 3.02. The van der Waals surface area contributed by atoms with Gasteiger partial charge < -0.3 is 5.32 Å². The number of hydrogen-bond acceptors (Lipinski definition) is 1. The molecule has 0 aliphatic heterocycles. The zero-order chi connectivity index (χ0) is 13.2. The second-order valence-electron chi connectivity index (χ2n) is 5.34. The number of nitrogens with one attached hydrogen (secondary N) is 1. The van der Waals surface area contributed by atoms with Crippen molar-refractivity contribution in [3.8, 4) is 0 Å². The molecule has 1 saturated carbocycles. The van der Waals surface area contributed by atoms with Crippen LogP contribution in [0.3, 0.4) is 0 Å². The van der Waals surface area contributed by atoms with Crippen molar-refractivity contribution in [3.63, 3.8) is 0 Å². The topological polar surface area (TPSA) is 12.0 Å². The standard InChI is InChI=1S/C17H18BrN/c1-12-8-15(18)10-16(9-12)19-11-14-4-2-3-5-17(14)13-6-7-13/h2-5,8-10,13,19H,6-7,11H2,1H3. The van der Waals surface area contributed by atoms with Crippen molar-refractivity contribution in [2.75, 3.05) is 5.32 Å². The minimum absolute atomic E-state index is 0.808. The summed E-state index contributed by atoms with van der Waals surface area (Å²) >= 11 is 3.55. The Morgan fingerprint density at radius 1 is 1.16 bits per heavy atom. The first kappa shape index (κ1) is 12.7. The van der Waals surface area contributed by atoms with E-state index in [1.807, 2.05) is 0 Å². The normalized spacial score (nSPS) is 14.4. The average Bonchev–Trinajstić information content (AvgIpc) is 3.20. The van der Waals surface area contributed by atoms with Crippen LogP contribution in [0.1, 0.15) is 35.4 Å². The molecular formula is C17H18BrN. The number of anilines is 1. The van der Waals surface area contributed by atoms with E-state index in [0.29, 0.717) is 0 Å². The number of aryl methyl sites for hydroxylation is 1. The molecule has 0 unspecified atom stereocenters. The van der Waals surface area contributed by atoms with Gasteiger partial charge in [0, 0.05) is 16.7 Å². The summed E-state index contributed by atoms with van der Waals surface area (Å²) in [6, 6.07) is 15.3. The minimum Gasteiger partial charge on any atom is -0.381 e. The molecule has 1 N–H and O–H groups in total. The molecule has 0 heterocycles. The lowest BCUT2D eigenvalue weighted by molar-refractivity contribution is 1.03. The van der Waals surface area contributed by atoms with Crippen LogP contribution in [0.25, 0.3) is 0 Å². The van der Waals surface area contributed by atoms with E-state index in [9.17, 15) is 0 Å². The van der Waals surface area contributed by atoms with Gasteiger partial charge in [-0.3, -0.25) is 0 Å². The quantitative estimate of drug-likeness (QED) is 0.812. The molecule has 2 heteroatoms. The van der Waals surface area contributed by atoms with Crippen LogP contribution in [-0.2, 0) is 6.54 Å². The predicted octanol–water partition coefficient (Wildman–Crippen LogP) is 5.25. The van der Waals surface area contributed by atoms with Crippen molar-refractivity contribution >= 4 is 21.6 Å². The summed E-state index contributed by atoms with van der Waals surface area (Å²) in [5.74, 6) is 0.808. The molecule has 3 rings (SSSR count). The van der Waals surface area contributed by atoms with Gasteiger partial charge in [0.05, 0.1) is 0 Å². The lowest BCUT2D eigenvalue weighted by Gasteiger charge is -2.12. The second kappa shape index (κ2) is 5.38. The monoisotopic (exact) mass is 315 g/mol. The number of halogens is 1. The Labute approximate surface area is 123 Å². The van der Waals surface area contributed by atoms with Gasteiger partial charge in [-0.15, -0.1) is 0 Å². The van der Waals surface area contributed by atoms with Gasteiger partial charge >= 0.3 is 0 Å². The number of benzene rings is 2. The van der Waals surface area contributed by atoms with Gasteiger partial charge in [-0.1, -0.05) is 40.2 Å². The van der Waals surface area contributed by atoms with E-state index < -0.39 is 0 Å². The molecule has 0 bridgehead atoms. The van der Waals surface area contributed by atoms with Crippen molar-refractivity contribution in [2.24, 2.45) is 0 Å². The van der Waals surface area contributed by atoms with Crippen molar-refractivity contribution in [1.29, 1.82) is 0 Å². The molecule has 1 aliphatic carbocycles. The van der Waals surface area contributed by atoms with E-state index in [2.05, 4.69) is 70.6 Å². The van der Waals surface area contributed by atoms with Crippen LogP contribution in [0, 0.1) is 6.92 Å². The van der Waals surface area contributed by atoms with Gasteiger partial charge in [0.2, 0.25) is 0 Å². The Morgan fingerprint density at radius 2 is 1.95 bits per heavy atom. The first-order valence-corrected chi connectivity index (χ1v) is 7.60. The van der Waals surface area contributed by atoms with Gasteiger partial charge in [0.1, 0.15) is 0 Å². The van der Waals surface area contributed by atoms with Gasteiger partial charge in [-0.05, 0) is 60.6 Å². The van der Waals surface area contributed by atoms with Gasteiger partial charge in [-0.2, -0.15) is 0 Å². The van der Waals surface area contributed by atoms with Crippen LogP contribution in [0.15, 0.2) is 46.9 Å². The molecule has 0 radical (unpaired) electrons. The highest BCUT2D eigenvalue weighted by Gasteiger charge is 2.25. The highest BCUT2D eigenvalue weighted by atomic mass is 79.9. The van der Waals surface area contributed by atoms with E-state index in [1.165, 1.54) is 35.2 Å². The Balaban J connectivity index is 1.75. The molecule has 2 aromatic rings. The molecule has 1 aliphatic rings. The summed E-state index contributed by atoms with van der Waals surface area (Å²) in [6.07, 6.45) is 2.71. The van der Waals surface area contributed by atoms with Crippen molar-refractivity contribution < 1.29 is 0 Å². The fraction of sp³-hybridized carbons (Fsp3) is 0.294. The molecule has 0 spiro atoms. The number of rotatable bonds is 4. The van der Waals surface area contributed by atoms with Crippen LogP contribution in [0.4, 0.5) is 5.69 Å². The van der Waals surface area contributed by atoms with E-state index in [0.717, 1.165) is 16.9 Å². The molecule has 1 nitrogen and oxygen atoms in total. The zero-order valence-electron chi connectivity index (χ0n) is 11.1. The molecule has 98 valence electrons. The summed E-state index contributed by atoms with van der Waals surface area (Å²) < 4.78 is 1.13. The highest BCUT2D eigenvalue weighted by molar-refractivity contribution is 9.10. The van der Waals surface area contributed by atoms with Crippen LogP contribution in [0.2, 0.25) is 0 Å². The molecule has 19 heavy (non-hydrogen) atoms. The summed E-state index contributed by atoms with van der Waals surface area (Å²) in [7, 11) is 0. The molecule has 2 aromatic carbocycles. The molecule has 0 aromatic heterocycles. The fourth-order valence-corrected chi connectivity index (χ4v) is 3.13. The van der Waals surface area contributed by atoms with Gasteiger partial charge in [0.25, 0.3) is 0 Å². The van der Waals surface area contributed by atoms with Gasteiger partial charge in [0.15, 0.2) is 0 Å². The third kappa shape index (κ3) is 3.19. The van der Waals surface area contributed by atoms with Gasteiger partial charge in [-0.25, -0.2) is 0 Å². The smallest absolute Gasteiger partial charge is 0.0403 e. The fourth-order valence-electron chi connectivity index (χ4n) is 2.52. The molecular weight excluding hydrogens is 298 g/mol. The SMILES string of the molecule is Cc1cc(Br)cc(NCc2ccccc2C2CC2)c1. The molecule has 0 amide bonds. The van der Waals surface area contributed by atoms with E-state index >= 15 is 0 Å². The summed E-state index contributed by atoms with van der Waals surface area (Å²) in [4.78, 5) is 0. The van der Waals surface area contributed by atoms with E-state index in [4.69, 9.17) is 0 Å². The maximum atomic E-state index is 3.55. The Bertz CT molecular complexity index is 567. The second-order valence-corrected chi connectivity index (χ2v) is 6.26. The first-order valence-electron chi connectivity index (χ1n) is 6.81. The van der Waals surface area contributed by atoms with Crippen LogP contribution in [-0.4, -0.2) is 0 Å². The Kier molecular flexibility index (Phi) is 3.61. The maximum Gasteiger partial charge on any atom is 0.0403 e. The zero-order valence-corrected chi connectivity index (χ0v) is 12.7.